The number of hydrogen-bond donors (Lipinski definition) is 1. The van der Waals surface area contributed by atoms with Crippen molar-refractivity contribution in [3.05, 3.63) is 94.3 Å². The van der Waals surface area contributed by atoms with Crippen molar-refractivity contribution in [1.29, 1.82) is 0 Å². The number of aryl methyl sites for hydroxylation is 1. The SMILES string of the molecule is C=C1CCC(N2C(=O)c3ccc(N4CCN(CCOCCN(C)Cc5c(OC)cc(-c6cn(C)c(=O)c7cnccc67)cc5OC)CC4)cc3C2=O)C(=O)N1. The molecule has 1 unspecified atom stereocenters. The van der Waals surface area contributed by atoms with E-state index < -0.39 is 17.9 Å². The molecule has 0 bridgehead atoms. The number of benzene rings is 2. The van der Waals surface area contributed by atoms with Crippen LogP contribution >= 0.6 is 0 Å². The summed E-state index contributed by atoms with van der Waals surface area (Å²) in [5.74, 6) is 0.181. The highest BCUT2D eigenvalue weighted by molar-refractivity contribution is 6.23. The molecule has 14 nitrogen and oxygen atoms in total. The topological polar surface area (TPSA) is 139 Å². The number of fused-ring (bicyclic) bond motifs is 2. The van der Waals surface area contributed by atoms with Gasteiger partial charge in [-0.3, -0.25) is 38.9 Å². The number of hydrogen-bond acceptors (Lipinski definition) is 11. The fourth-order valence-corrected chi connectivity index (χ4v) is 7.67. The lowest BCUT2D eigenvalue weighted by molar-refractivity contribution is -0.125. The fourth-order valence-electron chi connectivity index (χ4n) is 7.67. The highest BCUT2D eigenvalue weighted by Crippen LogP contribution is 2.38. The van der Waals surface area contributed by atoms with E-state index in [1.807, 2.05) is 37.5 Å². The normalized spacial score (nSPS) is 17.7. The Kier molecular flexibility index (Phi) is 11.0. The maximum absolute atomic E-state index is 13.3. The smallest absolute Gasteiger partial charge is 0.262 e. The Bertz CT molecular complexity index is 2190. The van der Waals surface area contributed by atoms with Crippen LogP contribution in [0.4, 0.5) is 5.69 Å². The van der Waals surface area contributed by atoms with Gasteiger partial charge in [-0.2, -0.15) is 0 Å². The van der Waals surface area contributed by atoms with Gasteiger partial charge in [0.1, 0.15) is 17.5 Å². The Labute approximate surface area is 319 Å². The summed E-state index contributed by atoms with van der Waals surface area (Å²) in [6, 6.07) is 10.4. The largest absolute Gasteiger partial charge is 0.496 e. The molecule has 7 rings (SSSR count). The first kappa shape index (κ1) is 37.7. The number of imide groups is 1. The van der Waals surface area contributed by atoms with Gasteiger partial charge in [-0.15, -0.1) is 0 Å². The minimum atomic E-state index is -0.822. The molecule has 0 aliphatic carbocycles. The van der Waals surface area contributed by atoms with E-state index in [-0.39, 0.29) is 11.5 Å². The van der Waals surface area contributed by atoms with Crippen LogP contribution in [0, 0.1) is 0 Å². The van der Waals surface area contributed by atoms with Crippen LogP contribution in [0.2, 0.25) is 0 Å². The number of rotatable bonds is 13. The van der Waals surface area contributed by atoms with Crippen molar-refractivity contribution in [2.75, 3.05) is 78.6 Å². The Hall–Kier alpha value is -5.57. The van der Waals surface area contributed by atoms with Gasteiger partial charge in [0.15, 0.2) is 0 Å². The first-order valence-electron chi connectivity index (χ1n) is 18.5. The molecule has 3 aliphatic rings. The van der Waals surface area contributed by atoms with Crippen molar-refractivity contribution in [3.63, 3.8) is 0 Å². The lowest BCUT2D eigenvalue weighted by Gasteiger charge is -2.36. The number of pyridine rings is 2. The van der Waals surface area contributed by atoms with Crippen LogP contribution in [0.1, 0.15) is 39.1 Å². The highest BCUT2D eigenvalue weighted by atomic mass is 16.5. The third-order valence-corrected chi connectivity index (χ3v) is 10.8. The first-order valence-corrected chi connectivity index (χ1v) is 18.5. The molecule has 3 aliphatic heterocycles. The van der Waals surface area contributed by atoms with Crippen LogP contribution < -0.4 is 25.2 Å². The van der Waals surface area contributed by atoms with E-state index in [2.05, 4.69) is 31.6 Å². The zero-order chi connectivity index (χ0) is 38.8. The molecular formula is C41H47N7O7. The van der Waals surface area contributed by atoms with E-state index in [0.29, 0.717) is 72.9 Å². The zero-order valence-corrected chi connectivity index (χ0v) is 31.8. The maximum Gasteiger partial charge on any atom is 0.262 e. The number of amides is 3. The van der Waals surface area contributed by atoms with Crippen LogP contribution in [-0.2, 0) is 23.1 Å². The molecular weight excluding hydrogens is 702 g/mol. The standard InChI is InChI=1S/C41H47N7O7/c1-26-6-9-35(38(49)43-26)48-40(51)30-8-7-28(22-31(30)41(48)52)47-14-12-46(13-15-47)17-19-55-18-16-44(2)24-34-36(53-4)20-27(21-37(34)54-5)33-25-45(3)39(50)32-23-42-11-10-29(32)33/h7-8,10-11,20-23,25,35H,1,6,9,12-19,24H2,2-5H3,(H,43,49). The van der Waals surface area contributed by atoms with Gasteiger partial charge in [-0.05, 0) is 67.2 Å². The second-order valence-electron chi connectivity index (χ2n) is 14.3. The second kappa shape index (κ2) is 16.0. The molecule has 1 N–H and O–H groups in total. The van der Waals surface area contributed by atoms with Gasteiger partial charge in [0.05, 0.1) is 49.5 Å². The van der Waals surface area contributed by atoms with Crippen molar-refractivity contribution in [2.24, 2.45) is 7.05 Å². The molecule has 14 heteroatoms. The van der Waals surface area contributed by atoms with Crippen molar-refractivity contribution in [3.8, 4) is 22.6 Å². The van der Waals surface area contributed by atoms with Gasteiger partial charge in [-0.1, -0.05) is 6.58 Å². The summed E-state index contributed by atoms with van der Waals surface area (Å²) in [6.07, 6.45) is 6.02. The summed E-state index contributed by atoms with van der Waals surface area (Å²) in [7, 11) is 7.06. The maximum atomic E-state index is 13.3. The number of carbonyl (C=O) groups is 3. The van der Waals surface area contributed by atoms with E-state index in [4.69, 9.17) is 14.2 Å². The lowest BCUT2D eigenvalue weighted by Crippen LogP contribution is -2.51. The molecule has 55 heavy (non-hydrogen) atoms. The van der Waals surface area contributed by atoms with E-state index in [1.165, 1.54) is 0 Å². The summed E-state index contributed by atoms with van der Waals surface area (Å²) in [4.78, 5) is 63.8. The van der Waals surface area contributed by atoms with Gasteiger partial charge in [0.2, 0.25) is 5.91 Å². The summed E-state index contributed by atoms with van der Waals surface area (Å²) < 4.78 is 19.3. The van der Waals surface area contributed by atoms with E-state index in [1.54, 1.807) is 50.4 Å². The molecule has 2 fully saturated rings. The molecule has 1 atom stereocenters. The average molecular weight is 750 g/mol. The minimum Gasteiger partial charge on any atom is -0.496 e. The van der Waals surface area contributed by atoms with Gasteiger partial charge < -0.3 is 29.0 Å². The number of nitrogens with zero attached hydrogens (tertiary/aromatic N) is 6. The highest BCUT2D eigenvalue weighted by Gasteiger charge is 2.44. The number of ether oxygens (including phenoxy) is 3. The quantitative estimate of drug-likeness (QED) is 0.159. The molecule has 2 aromatic heterocycles. The van der Waals surface area contributed by atoms with Crippen LogP contribution in [0.15, 0.2) is 72.1 Å². The number of methoxy groups -OCH3 is 2. The van der Waals surface area contributed by atoms with E-state index in [0.717, 1.165) is 65.4 Å². The van der Waals surface area contributed by atoms with Gasteiger partial charge in [0, 0.05) is 88.4 Å². The predicted molar refractivity (Wildman–Crippen MR) is 209 cm³/mol. The molecule has 3 amide bonds. The predicted octanol–water partition coefficient (Wildman–Crippen LogP) is 3.28. The number of piperazine rings is 1. The number of carbonyl (C=O) groups excluding carboxylic acids is 3. The molecule has 5 heterocycles. The first-order chi connectivity index (χ1) is 26.6. The van der Waals surface area contributed by atoms with Crippen LogP contribution in [0.25, 0.3) is 21.9 Å². The Balaban J connectivity index is 0.883. The Morgan fingerprint density at radius 1 is 0.909 bits per heavy atom. The molecule has 2 saturated heterocycles. The molecule has 0 saturated carbocycles. The molecule has 2 aromatic carbocycles. The van der Waals surface area contributed by atoms with E-state index >= 15 is 0 Å². The van der Waals surface area contributed by atoms with E-state index in [9.17, 15) is 19.2 Å². The van der Waals surface area contributed by atoms with Gasteiger partial charge in [0.25, 0.3) is 17.4 Å². The van der Waals surface area contributed by atoms with Crippen molar-refractivity contribution in [1.82, 2.24) is 29.6 Å². The molecule has 288 valence electrons. The van der Waals surface area contributed by atoms with Crippen molar-refractivity contribution in [2.45, 2.75) is 25.4 Å². The number of piperidine rings is 1. The summed E-state index contributed by atoms with van der Waals surface area (Å²) in [6.45, 7) is 10.3. The number of allylic oxidation sites excluding steroid dienone is 1. The third-order valence-electron chi connectivity index (χ3n) is 10.8. The van der Waals surface area contributed by atoms with Crippen LogP contribution in [0.5, 0.6) is 11.5 Å². The minimum absolute atomic E-state index is 0.103. The number of nitrogens with one attached hydrogen (secondary N) is 1. The number of likely N-dealkylation sites (N-methyl/N-ethyl adjacent to an activating group) is 1. The fraction of sp³-hybridized carbons (Fsp3) is 0.390. The molecule has 4 aromatic rings. The summed E-state index contributed by atoms with van der Waals surface area (Å²) >= 11 is 0. The van der Waals surface area contributed by atoms with Crippen molar-refractivity contribution >= 4 is 34.2 Å². The van der Waals surface area contributed by atoms with Gasteiger partial charge in [-0.25, -0.2) is 0 Å². The third kappa shape index (κ3) is 7.57. The van der Waals surface area contributed by atoms with Crippen LogP contribution in [-0.4, -0.2) is 122 Å². The Morgan fingerprint density at radius 2 is 1.64 bits per heavy atom. The van der Waals surface area contributed by atoms with Gasteiger partial charge >= 0.3 is 0 Å². The van der Waals surface area contributed by atoms with Crippen LogP contribution in [0.3, 0.4) is 0 Å². The molecule has 0 spiro atoms. The second-order valence-corrected chi connectivity index (χ2v) is 14.3. The average Bonchev–Trinajstić information content (AvgIpc) is 3.44. The summed E-state index contributed by atoms with van der Waals surface area (Å²) in [5, 5.41) is 4.04. The number of anilines is 1. The lowest BCUT2D eigenvalue weighted by atomic mass is 9.99. The number of aromatic nitrogens is 2. The zero-order valence-electron chi connectivity index (χ0n) is 31.8. The summed E-state index contributed by atoms with van der Waals surface area (Å²) in [5.41, 5.74) is 4.76. The van der Waals surface area contributed by atoms with Crippen molar-refractivity contribution < 1.29 is 28.6 Å². The Morgan fingerprint density at radius 3 is 2.35 bits per heavy atom. The molecule has 0 radical (unpaired) electrons. The monoisotopic (exact) mass is 749 g/mol.